The third-order valence-corrected chi connectivity index (χ3v) is 6.87. The first-order valence-corrected chi connectivity index (χ1v) is 13.3. The number of ether oxygens (including phenoxy) is 1. The molecule has 0 saturated carbocycles. The smallest absolute Gasteiger partial charge is 0.416 e. The summed E-state index contributed by atoms with van der Waals surface area (Å²) < 4.78 is 59.7. The van der Waals surface area contributed by atoms with Crippen LogP contribution >= 0.6 is 0 Å². The summed E-state index contributed by atoms with van der Waals surface area (Å²) in [5, 5.41) is 8.30. The second-order valence-corrected chi connectivity index (χ2v) is 9.85. The van der Waals surface area contributed by atoms with Crippen LogP contribution in [0.25, 0.3) is 22.3 Å². The number of nitrogens with one attached hydrogen (secondary N) is 3. The predicted octanol–water partition coefficient (Wildman–Crippen LogP) is 7.35. The Morgan fingerprint density at radius 1 is 0.864 bits per heavy atom. The highest BCUT2D eigenvalue weighted by atomic mass is 19.4. The molecular formula is C31H23F4N7O2. The molecule has 6 rings (SSSR count). The zero-order valence-corrected chi connectivity index (χ0v) is 22.7. The number of rotatable bonds is 6. The summed E-state index contributed by atoms with van der Waals surface area (Å²) in [5.41, 5.74) is 9.30. The largest absolute Gasteiger partial charge is 0.424 e. The molecule has 222 valence electrons. The summed E-state index contributed by atoms with van der Waals surface area (Å²) in [4.78, 5) is 24.8. The molecule has 0 atom stereocenters. The number of pyridine rings is 1. The average molecular weight is 602 g/mol. The van der Waals surface area contributed by atoms with Gasteiger partial charge in [-0.05, 0) is 65.6 Å². The molecule has 1 aliphatic rings. The Balaban J connectivity index is 1.14. The Labute approximate surface area is 248 Å². The van der Waals surface area contributed by atoms with E-state index in [9.17, 15) is 22.4 Å². The number of anilines is 4. The topological polar surface area (TPSA) is 127 Å². The van der Waals surface area contributed by atoms with Crippen molar-refractivity contribution in [1.82, 2.24) is 15.0 Å². The van der Waals surface area contributed by atoms with Gasteiger partial charge in [0, 0.05) is 23.4 Å². The minimum atomic E-state index is -4.60. The molecule has 0 fully saturated rings. The van der Waals surface area contributed by atoms with E-state index >= 15 is 0 Å². The van der Waals surface area contributed by atoms with Crippen molar-refractivity contribution in [2.24, 2.45) is 0 Å². The molecule has 0 radical (unpaired) electrons. The van der Waals surface area contributed by atoms with Crippen LogP contribution in [0.3, 0.4) is 0 Å². The number of aromatic nitrogens is 3. The van der Waals surface area contributed by atoms with E-state index in [4.69, 9.17) is 10.5 Å². The van der Waals surface area contributed by atoms with Gasteiger partial charge in [-0.1, -0.05) is 24.3 Å². The van der Waals surface area contributed by atoms with Gasteiger partial charge in [0.05, 0.1) is 35.5 Å². The fourth-order valence-corrected chi connectivity index (χ4v) is 4.76. The third-order valence-electron chi connectivity index (χ3n) is 6.87. The highest BCUT2D eigenvalue weighted by molar-refractivity contribution is 6.02. The van der Waals surface area contributed by atoms with Crippen molar-refractivity contribution >= 4 is 28.9 Å². The van der Waals surface area contributed by atoms with Crippen LogP contribution < -0.4 is 26.4 Å². The number of benzene rings is 3. The van der Waals surface area contributed by atoms with E-state index in [-0.39, 0.29) is 23.2 Å². The molecule has 9 nitrogen and oxygen atoms in total. The number of carbonyl (C=O) groups excluding carboxylic acids is 1. The number of nitrogens with zero attached hydrogens (tertiary/aromatic N) is 3. The van der Waals surface area contributed by atoms with Crippen LogP contribution in [-0.4, -0.2) is 27.5 Å². The van der Waals surface area contributed by atoms with Crippen LogP contribution in [0.5, 0.6) is 11.8 Å². The van der Waals surface area contributed by atoms with Crippen molar-refractivity contribution in [2.45, 2.75) is 12.6 Å². The monoisotopic (exact) mass is 601 g/mol. The highest BCUT2D eigenvalue weighted by Crippen LogP contribution is 2.38. The number of nitrogen functional groups attached to an aromatic ring is 1. The molecule has 2 amide bonds. The normalized spacial score (nSPS) is 12.3. The van der Waals surface area contributed by atoms with E-state index in [1.54, 1.807) is 30.3 Å². The summed E-state index contributed by atoms with van der Waals surface area (Å²) in [5.74, 6) is 0.0486. The van der Waals surface area contributed by atoms with Crippen LogP contribution in [0.1, 0.15) is 11.1 Å². The van der Waals surface area contributed by atoms with Gasteiger partial charge in [0.15, 0.2) is 0 Å². The molecule has 0 aliphatic carbocycles. The summed E-state index contributed by atoms with van der Waals surface area (Å²) >= 11 is 0. The first-order valence-electron chi connectivity index (χ1n) is 13.3. The van der Waals surface area contributed by atoms with Crippen molar-refractivity contribution < 1.29 is 27.1 Å². The van der Waals surface area contributed by atoms with Crippen molar-refractivity contribution in [2.75, 3.05) is 28.2 Å². The van der Waals surface area contributed by atoms with Crippen LogP contribution in [-0.2, 0) is 12.6 Å². The molecule has 5 aromatic rings. The number of nitrogens with two attached hydrogens (primary N) is 1. The number of alkyl halides is 3. The first-order chi connectivity index (χ1) is 21.1. The Kier molecular flexibility index (Phi) is 7.43. The molecule has 13 heteroatoms. The fourth-order valence-electron chi connectivity index (χ4n) is 4.76. The molecule has 2 aromatic heterocycles. The summed E-state index contributed by atoms with van der Waals surface area (Å²) in [6.45, 7) is 0.779. The first kappa shape index (κ1) is 28.4. The summed E-state index contributed by atoms with van der Waals surface area (Å²) in [7, 11) is 0. The lowest BCUT2D eigenvalue weighted by molar-refractivity contribution is -0.137. The minimum Gasteiger partial charge on any atom is -0.424 e. The molecule has 44 heavy (non-hydrogen) atoms. The van der Waals surface area contributed by atoms with E-state index in [2.05, 4.69) is 30.9 Å². The minimum absolute atomic E-state index is 0.0108. The van der Waals surface area contributed by atoms with Gasteiger partial charge < -0.3 is 26.4 Å². The zero-order valence-electron chi connectivity index (χ0n) is 22.7. The Morgan fingerprint density at radius 2 is 1.61 bits per heavy atom. The molecule has 3 heterocycles. The van der Waals surface area contributed by atoms with Gasteiger partial charge in [-0.25, -0.2) is 24.1 Å². The summed E-state index contributed by atoms with van der Waals surface area (Å²) in [6.07, 6.45) is -0.196. The fraction of sp³-hybridized carbons (Fsp3) is 0.0968. The maximum Gasteiger partial charge on any atom is 0.416 e. The lowest BCUT2D eigenvalue weighted by Gasteiger charge is -2.16. The van der Waals surface area contributed by atoms with Crippen molar-refractivity contribution in [3.05, 3.63) is 102 Å². The SMILES string of the molecule is Nc1ncc(F)cc1-c1ccc(Oc2ncc(NC(=O)Nc3cc(C(F)(F)F)ccc3-c3ccc4c(c3)CCN4)cn2)cc1. The number of urea groups is 1. The van der Waals surface area contributed by atoms with Gasteiger partial charge in [-0.3, -0.25) is 0 Å². The Hall–Kier alpha value is -5.72. The molecule has 5 N–H and O–H groups in total. The zero-order chi connectivity index (χ0) is 30.8. The second kappa shape index (κ2) is 11.5. The number of hydrogen-bond acceptors (Lipinski definition) is 7. The van der Waals surface area contributed by atoms with Crippen LogP contribution in [0, 0.1) is 5.82 Å². The van der Waals surface area contributed by atoms with E-state index in [1.807, 2.05) is 12.1 Å². The van der Waals surface area contributed by atoms with Crippen LogP contribution in [0.15, 0.2) is 85.3 Å². The van der Waals surface area contributed by atoms with E-state index in [1.165, 1.54) is 24.5 Å². The van der Waals surface area contributed by atoms with Gasteiger partial charge in [-0.15, -0.1) is 0 Å². The van der Waals surface area contributed by atoms with Gasteiger partial charge >= 0.3 is 18.2 Å². The summed E-state index contributed by atoms with van der Waals surface area (Å²) in [6, 6.07) is 15.8. The van der Waals surface area contributed by atoms with Crippen LogP contribution in [0.2, 0.25) is 0 Å². The highest BCUT2D eigenvalue weighted by Gasteiger charge is 2.31. The molecule has 1 aliphatic heterocycles. The van der Waals surface area contributed by atoms with Gasteiger partial charge in [-0.2, -0.15) is 13.2 Å². The van der Waals surface area contributed by atoms with Crippen molar-refractivity contribution in [1.29, 1.82) is 0 Å². The van der Waals surface area contributed by atoms with Crippen molar-refractivity contribution in [3.63, 3.8) is 0 Å². The molecular weight excluding hydrogens is 578 g/mol. The molecule has 0 bridgehead atoms. The lowest BCUT2D eigenvalue weighted by atomic mass is 9.98. The lowest BCUT2D eigenvalue weighted by Crippen LogP contribution is -2.20. The Bertz CT molecular complexity index is 1850. The maximum absolute atomic E-state index is 13.6. The number of halogens is 4. The second-order valence-electron chi connectivity index (χ2n) is 9.85. The van der Waals surface area contributed by atoms with E-state index in [0.717, 1.165) is 42.5 Å². The number of fused-ring (bicyclic) bond motifs is 1. The maximum atomic E-state index is 13.6. The molecule has 0 saturated heterocycles. The standard InChI is InChI=1S/C31H23F4N7O2/c32-21-13-25(28(36)38-14-21)17-1-5-23(6-2-17)44-30-39-15-22(16-40-30)41-29(43)42-27-12-20(31(33,34)35)4-7-24(27)18-3-8-26-19(11-18)9-10-37-26/h1-8,11-16,37H,9-10H2,(H2,36,38)(H2,41,42,43). The Morgan fingerprint density at radius 3 is 2.36 bits per heavy atom. The number of amides is 2. The third kappa shape index (κ3) is 6.21. The number of hydrogen-bond donors (Lipinski definition) is 4. The predicted molar refractivity (Wildman–Crippen MR) is 158 cm³/mol. The van der Waals surface area contributed by atoms with E-state index < -0.39 is 23.6 Å². The quantitative estimate of drug-likeness (QED) is 0.150. The van der Waals surface area contributed by atoms with Gasteiger partial charge in [0.2, 0.25) is 0 Å². The van der Waals surface area contributed by atoms with Gasteiger partial charge in [0.1, 0.15) is 17.4 Å². The van der Waals surface area contributed by atoms with Crippen LogP contribution in [0.4, 0.5) is 45.2 Å². The van der Waals surface area contributed by atoms with Gasteiger partial charge in [0.25, 0.3) is 0 Å². The molecule has 0 unspecified atom stereocenters. The molecule has 0 spiro atoms. The molecule has 3 aromatic carbocycles. The average Bonchev–Trinajstić information content (AvgIpc) is 3.47. The van der Waals surface area contributed by atoms with E-state index in [0.29, 0.717) is 28.0 Å². The number of carbonyl (C=O) groups is 1. The van der Waals surface area contributed by atoms with Crippen molar-refractivity contribution in [3.8, 4) is 34.0 Å².